The number of rotatable bonds is 2. The fraction of sp³-hybridized carbons (Fsp3) is 0.143. The van der Waals surface area contributed by atoms with Crippen molar-refractivity contribution >= 4 is 18.5 Å². The quantitative estimate of drug-likeness (QED) is 0.526. The van der Waals surface area contributed by atoms with Crippen molar-refractivity contribution in [2.24, 2.45) is 0 Å². The summed E-state index contributed by atoms with van der Waals surface area (Å²) in [5, 5.41) is 0. The Bertz CT molecular complexity index is 303. The second-order valence-corrected chi connectivity index (χ2v) is 2.48. The molecule has 0 aliphatic heterocycles. The van der Waals surface area contributed by atoms with Gasteiger partial charge in [-0.3, -0.25) is 0 Å². The first kappa shape index (κ1) is 8.99. The maximum atomic E-state index is 12.1. The molecule has 12 heavy (non-hydrogen) atoms. The van der Waals surface area contributed by atoms with Crippen LogP contribution in [0, 0.1) is 4.91 Å². The Morgan fingerprint density at radius 1 is 1.42 bits per heavy atom. The normalized spacial score (nSPS) is 10.2. The molecule has 1 aromatic rings. The Hall–Kier alpha value is -1.10. The van der Waals surface area contributed by atoms with E-state index >= 15 is 0 Å². The summed E-state index contributed by atoms with van der Waals surface area (Å²) in [4.78, 5) is 10.5. The van der Waals surface area contributed by atoms with Crippen molar-refractivity contribution in [2.45, 2.75) is 6.43 Å². The lowest BCUT2D eigenvalue weighted by Gasteiger charge is -1.98. The van der Waals surface area contributed by atoms with E-state index in [0.29, 0.717) is 0 Å². The first-order chi connectivity index (χ1) is 5.61. The Kier molecular flexibility index (Phi) is 2.65. The molecule has 0 spiro atoms. The molecule has 64 valence electrons. The summed E-state index contributed by atoms with van der Waals surface area (Å²) in [6, 6.07) is 5.07. The molecule has 0 aliphatic rings. The average Bonchev–Trinajstić information content (AvgIpc) is 2.04. The van der Waals surface area contributed by atoms with Gasteiger partial charge < -0.3 is 12.8 Å². The highest BCUT2D eigenvalue weighted by Crippen LogP contribution is 2.22. The summed E-state index contributed by atoms with van der Waals surface area (Å²) in [5.74, 6) is 0. The Morgan fingerprint density at radius 2 is 2.08 bits per heavy atom. The third kappa shape index (κ3) is 1.94. The van der Waals surface area contributed by atoms with Crippen LogP contribution in [-0.2, 0) is 12.8 Å². The summed E-state index contributed by atoms with van der Waals surface area (Å²) in [6.07, 6.45) is -2.57. The first-order valence-electron chi connectivity index (χ1n) is 3.14. The third-order valence-corrected chi connectivity index (χ3v) is 1.54. The minimum Gasteiger partial charge on any atom is -0.364 e. The van der Waals surface area contributed by atoms with E-state index in [0.717, 1.165) is 6.07 Å². The van der Waals surface area contributed by atoms with Crippen LogP contribution in [0.25, 0.3) is 0 Å². The summed E-state index contributed by atoms with van der Waals surface area (Å²) >= 11 is 4.22. The van der Waals surface area contributed by atoms with Gasteiger partial charge in [-0.05, 0) is 0 Å². The predicted octanol–water partition coefficient (Wildman–Crippen LogP) is 2.50. The molecule has 0 saturated heterocycles. The van der Waals surface area contributed by atoms with Crippen LogP contribution in [0.4, 0.5) is 14.5 Å². The molecule has 0 saturated carbocycles. The molecule has 0 unspecified atom stereocenters. The third-order valence-electron chi connectivity index (χ3n) is 1.33. The van der Waals surface area contributed by atoms with Crippen molar-refractivity contribution in [3.63, 3.8) is 0 Å². The van der Waals surface area contributed by atoms with Crippen LogP contribution in [0.5, 0.6) is 0 Å². The molecule has 2 nitrogen and oxygen atoms in total. The molecule has 0 bridgehead atoms. The second kappa shape index (κ2) is 3.53. The van der Waals surface area contributed by atoms with Gasteiger partial charge in [0.05, 0.1) is 0 Å². The number of halogens is 2. The monoisotopic (exact) mass is 189 g/mol. The molecule has 0 amide bonds. The number of benzene rings is 1. The minimum atomic E-state index is -2.57. The zero-order chi connectivity index (χ0) is 9.14. The summed E-state index contributed by atoms with van der Waals surface area (Å²) in [5.41, 5.74) is -0.138. The molecule has 1 aromatic carbocycles. The van der Waals surface area contributed by atoms with Crippen molar-refractivity contribution < 1.29 is 12.9 Å². The number of hydrogen-bond donors (Lipinski definition) is 0. The fourth-order valence-corrected chi connectivity index (χ4v) is 0.888. The van der Waals surface area contributed by atoms with Gasteiger partial charge in [0, 0.05) is 22.6 Å². The van der Waals surface area contributed by atoms with Crippen LogP contribution < -0.4 is 0 Å². The van der Waals surface area contributed by atoms with Gasteiger partial charge in [-0.25, -0.2) is 8.78 Å². The number of alkyl halides is 2. The van der Waals surface area contributed by atoms with E-state index in [1.807, 2.05) is 0 Å². The van der Waals surface area contributed by atoms with E-state index in [2.05, 4.69) is 12.8 Å². The van der Waals surface area contributed by atoms with Crippen LogP contribution in [0.1, 0.15) is 12.0 Å². The van der Waals surface area contributed by atoms with E-state index in [-0.39, 0.29) is 15.4 Å². The van der Waals surface area contributed by atoms with Crippen molar-refractivity contribution in [1.82, 2.24) is 0 Å². The summed E-state index contributed by atoms with van der Waals surface area (Å²) < 4.78 is 24.2. The number of hydrogen-bond acceptors (Lipinski definition) is 2. The maximum Gasteiger partial charge on any atom is 0.264 e. The van der Waals surface area contributed by atoms with Gasteiger partial charge in [0.25, 0.3) is 6.43 Å². The van der Waals surface area contributed by atoms with Gasteiger partial charge in [-0.1, -0.05) is 16.3 Å². The molecular formula is C7H5F2NOS. The van der Waals surface area contributed by atoms with Crippen LogP contribution in [0.15, 0.2) is 24.3 Å². The molecule has 0 N–H and O–H groups in total. The maximum absolute atomic E-state index is 12.1. The lowest BCUT2D eigenvalue weighted by atomic mass is 10.2. The molecule has 5 heteroatoms. The summed E-state index contributed by atoms with van der Waals surface area (Å²) in [7, 11) is 0. The summed E-state index contributed by atoms with van der Waals surface area (Å²) in [6.45, 7) is 0. The first-order valence-corrected chi connectivity index (χ1v) is 3.50. The van der Waals surface area contributed by atoms with Crippen molar-refractivity contribution in [2.75, 3.05) is 0 Å². The van der Waals surface area contributed by atoms with Gasteiger partial charge in [0.15, 0.2) is 0 Å². The Labute approximate surface area is 73.3 Å². The van der Waals surface area contributed by atoms with E-state index in [1.54, 1.807) is 0 Å². The topological polar surface area (TPSA) is 20.1 Å². The zero-order valence-corrected chi connectivity index (χ0v) is 6.72. The predicted molar refractivity (Wildman–Crippen MR) is 42.1 cm³/mol. The molecule has 0 radical (unpaired) electrons. The molecular weight excluding hydrogens is 184 g/mol. The van der Waals surface area contributed by atoms with Gasteiger partial charge in [0.2, 0.25) is 5.69 Å². The van der Waals surface area contributed by atoms with E-state index < -0.39 is 6.43 Å². The molecule has 0 fully saturated rings. The molecule has 0 aromatic heterocycles. The lowest BCUT2D eigenvalue weighted by molar-refractivity contribution is -0.262. The van der Waals surface area contributed by atoms with E-state index in [9.17, 15) is 13.7 Å². The van der Waals surface area contributed by atoms with Gasteiger partial charge in [0.1, 0.15) is 0 Å². The zero-order valence-electron chi connectivity index (χ0n) is 5.91. The average molecular weight is 189 g/mol. The van der Waals surface area contributed by atoms with Crippen LogP contribution in [0.3, 0.4) is 0 Å². The largest absolute Gasteiger partial charge is 0.364 e. The van der Waals surface area contributed by atoms with Gasteiger partial charge in [-0.2, -0.15) is 0 Å². The van der Waals surface area contributed by atoms with Crippen molar-refractivity contribution in [3.8, 4) is 0 Å². The second-order valence-electron chi connectivity index (χ2n) is 2.15. The highest BCUT2D eigenvalue weighted by atomic mass is 32.1. The van der Waals surface area contributed by atoms with E-state index in [1.165, 1.54) is 18.2 Å². The Balaban J connectivity index is 3.04. The molecule has 0 atom stereocenters. The minimum absolute atomic E-state index is 0.0581. The SMILES string of the molecule is O=[N+]([S-])c1cccc(C(F)F)c1. The highest BCUT2D eigenvalue weighted by Gasteiger charge is 2.10. The van der Waals surface area contributed by atoms with Crippen molar-refractivity contribution in [3.05, 3.63) is 34.7 Å². The van der Waals surface area contributed by atoms with Gasteiger partial charge >= 0.3 is 0 Å². The standard InChI is InChI=1S/C7H5F2NOS/c8-7(9)5-2-1-3-6(4-5)10(11)12/h1-4,7H. The van der Waals surface area contributed by atoms with E-state index in [4.69, 9.17) is 0 Å². The van der Waals surface area contributed by atoms with Crippen LogP contribution in [-0.4, -0.2) is 4.17 Å². The number of nitrogens with zero attached hydrogens (tertiary/aromatic N) is 1. The van der Waals surface area contributed by atoms with Crippen LogP contribution >= 0.6 is 0 Å². The number of nitroso groups, excluding NO2 is 1. The molecule has 1 rings (SSSR count). The lowest BCUT2D eigenvalue weighted by Crippen LogP contribution is -1.90. The Morgan fingerprint density at radius 3 is 2.58 bits per heavy atom. The van der Waals surface area contributed by atoms with Crippen molar-refractivity contribution in [1.29, 1.82) is 0 Å². The molecule has 0 heterocycles. The smallest absolute Gasteiger partial charge is 0.264 e. The highest BCUT2D eigenvalue weighted by molar-refractivity contribution is 7.51. The van der Waals surface area contributed by atoms with Gasteiger partial charge in [-0.15, -0.1) is 0 Å². The fourth-order valence-electron chi connectivity index (χ4n) is 0.774. The van der Waals surface area contributed by atoms with Crippen LogP contribution in [0.2, 0.25) is 0 Å². The molecule has 0 aliphatic carbocycles.